The van der Waals surface area contributed by atoms with E-state index in [-0.39, 0.29) is 17.4 Å². The summed E-state index contributed by atoms with van der Waals surface area (Å²) in [6.45, 7) is 0.368. The molecule has 29 heavy (non-hydrogen) atoms. The topological polar surface area (TPSA) is 72.3 Å². The zero-order valence-corrected chi connectivity index (χ0v) is 17.0. The average molecular weight is 410 g/mol. The first kappa shape index (κ1) is 19.4. The molecule has 3 aromatic rings. The molecule has 1 aliphatic rings. The third kappa shape index (κ3) is 4.24. The highest BCUT2D eigenvalue weighted by atomic mass is 32.2. The van der Waals surface area contributed by atoms with Crippen LogP contribution in [0.1, 0.15) is 12.0 Å². The highest BCUT2D eigenvalue weighted by Crippen LogP contribution is 2.26. The number of benzene rings is 2. The summed E-state index contributed by atoms with van der Waals surface area (Å²) in [5.41, 5.74) is 3.64. The van der Waals surface area contributed by atoms with Crippen LogP contribution in [0.25, 0.3) is 16.9 Å². The van der Waals surface area contributed by atoms with Gasteiger partial charge in [0.1, 0.15) is 0 Å². The van der Waals surface area contributed by atoms with Crippen molar-refractivity contribution < 1.29 is 13.2 Å². The summed E-state index contributed by atoms with van der Waals surface area (Å²) in [6.07, 6.45) is 2.34. The number of para-hydroxylation sites is 1. The van der Waals surface area contributed by atoms with E-state index in [0.29, 0.717) is 13.0 Å². The summed E-state index contributed by atoms with van der Waals surface area (Å²) in [6, 6.07) is 19.7. The molecule has 1 aliphatic heterocycles. The van der Waals surface area contributed by atoms with E-state index in [2.05, 4.69) is 0 Å². The quantitative estimate of drug-likeness (QED) is 0.650. The van der Waals surface area contributed by atoms with E-state index in [1.807, 2.05) is 71.5 Å². The predicted molar refractivity (Wildman–Crippen MR) is 112 cm³/mol. The van der Waals surface area contributed by atoms with Crippen LogP contribution in [0.3, 0.4) is 0 Å². The number of sulfone groups is 1. The Kier molecular flexibility index (Phi) is 5.24. The number of carbonyl (C=O) groups is 1. The Morgan fingerprint density at radius 3 is 2.38 bits per heavy atom. The van der Waals surface area contributed by atoms with Gasteiger partial charge >= 0.3 is 0 Å². The van der Waals surface area contributed by atoms with E-state index in [9.17, 15) is 13.2 Å². The third-order valence-electron chi connectivity index (χ3n) is 5.22. The van der Waals surface area contributed by atoms with Gasteiger partial charge in [0.25, 0.3) is 0 Å². The molecule has 0 radical (unpaired) electrons. The predicted octanol–water partition coefficient (Wildman–Crippen LogP) is 2.93. The van der Waals surface area contributed by atoms with Crippen LogP contribution in [0.15, 0.2) is 66.9 Å². The van der Waals surface area contributed by atoms with Gasteiger partial charge in [-0.2, -0.15) is 5.10 Å². The standard InChI is InChI=1S/C22H23N3O3S/c1-24(22(26)18-12-13-29(27,28)16-18)14-19-15-25(20-10-6-3-7-11-20)23-21(19)17-8-4-2-5-9-17/h2-11,15,18H,12-14,16H2,1H3/t18-/m1/s1. The molecule has 6 nitrogen and oxygen atoms in total. The Morgan fingerprint density at radius 2 is 1.76 bits per heavy atom. The number of nitrogens with zero attached hydrogens (tertiary/aromatic N) is 3. The van der Waals surface area contributed by atoms with Crippen molar-refractivity contribution >= 4 is 15.7 Å². The fourth-order valence-corrected chi connectivity index (χ4v) is 5.44. The number of rotatable bonds is 5. The molecule has 0 saturated carbocycles. The summed E-state index contributed by atoms with van der Waals surface area (Å²) >= 11 is 0. The lowest BCUT2D eigenvalue weighted by Gasteiger charge is -2.20. The van der Waals surface area contributed by atoms with Gasteiger partial charge in [0.05, 0.1) is 28.8 Å². The Morgan fingerprint density at radius 1 is 1.10 bits per heavy atom. The molecule has 2 aromatic carbocycles. The third-order valence-corrected chi connectivity index (χ3v) is 6.99. The molecule has 150 valence electrons. The van der Waals surface area contributed by atoms with E-state index >= 15 is 0 Å². The first-order chi connectivity index (χ1) is 13.9. The zero-order chi connectivity index (χ0) is 20.4. The van der Waals surface area contributed by atoms with Gasteiger partial charge in [-0.1, -0.05) is 48.5 Å². The van der Waals surface area contributed by atoms with Crippen LogP contribution in [0.2, 0.25) is 0 Å². The van der Waals surface area contributed by atoms with Crippen LogP contribution >= 0.6 is 0 Å². The van der Waals surface area contributed by atoms with E-state index in [1.54, 1.807) is 11.9 Å². The maximum absolute atomic E-state index is 12.8. The minimum atomic E-state index is -3.09. The Balaban J connectivity index is 1.63. The fourth-order valence-electron chi connectivity index (χ4n) is 3.71. The molecule has 1 fully saturated rings. The minimum absolute atomic E-state index is 0.0506. The molecule has 1 saturated heterocycles. The molecule has 1 aromatic heterocycles. The molecule has 4 rings (SSSR count). The van der Waals surface area contributed by atoms with Crippen molar-refractivity contribution in [2.45, 2.75) is 13.0 Å². The van der Waals surface area contributed by atoms with Crippen molar-refractivity contribution in [1.29, 1.82) is 0 Å². The second-order valence-corrected chi connectivity index (χ2v) is 9.67. The molecule has 0 spiro atoms. The van der Waals surface area contributed by atoms with Gasteiger partial charge in [-0.3, -0.25) is 4.79 Å². The van der Waals surface area contributed by atoms with Crippen LogP contribution in [-0.2, 0) is 21.2 Å². The summed E-state index contributed by atoms with van der Waals surface area (Å²) in [5, 5.41) is 4.77. The number of hydrogen-bond donors (Lipinski definition) is 0. The molecule has 0 unspecified atom stereocenters. The van der Waals surface area contributed by atoms with Crippen LogP contribution in [0.4, 0.5) is 0 Å². The molecule has 1 amide bonds. The summed E-state index contributed by atoms with van der Waals surface area (Å²) < 4.78 is 25.3. The average Bonchev–Trinajstić information content (AvgIpc) is 3.32. The summed E-state index contributed by atoms with van der Waals surface area (Å²) in [7, 11) is -1.37. The summed E-state index contributed by atoms with van der Waals surface area (Å²) in [4.78, 5) is 14.4. The first-order valence-corrected chi connectivity index (χ1v) is 11.4. The van der Waals surface area contributed by atoms with Crippen molar-refractivity contribution in [2.75, 3.05) is 18.6 Å². The van der Waals surface area contributed by atoms with E-state index in [1.165, 1.54) is 0 Å². The highest BCUT2D eigenvalue weighted by Gasteiger charge is 2.34. The second-order valence-electron chi connectivity index (χ2n) is 7.44. The van der Waals surface area contributed by atoms with Crippen LogP contribution in [0.5, 0.6) is 0 Å². The van der Waals surface area contributed by atoms with E-state index in [0.717, 1.165) is 22.5 Å². The largest absolute Gasteiger partial charge is 0.341 e. The van der Waals surface area contributed by atoms with Crippen LogP contribution in [-0.4, -0.2) is 47.6 Å². The molecule has 0 bridgehead atoms. The highest BCUT2D eigenvalue weighted by molar-refractivity contribution is 7.91. The van der Waals surface area contributed by atoms with Gasteiger partial charge < -0.3 is 4.90 Å². The van der Waals surface area contributed by atoms with Gasteiger partial charge in [-0.05, 0) is 18.6 Å². The minimum Gasteiger partial charge on any atom is -0.341 e. The summed E-state index contributed by atoms with van der Waals surface area (Å²) in [5.74, 6) is -0.532. The fraction of sp³-hybridized carbons (Fsp3) is 0.273. The van der Waals surface area contributed by atoms with E-state index < -0.39 is 15.8 Å². The van der Waals surface area contributed by atoms with Gasteiger partial charge in [-0.15, -0.1) is 0 Å². The molecular weight excluding hydrogens is 386 g/mol. The van der Waals surface area contributed by atoms with Gasteiger partial charge in [-0.25, -0.2) is 13.1 Å². The second kappa shape index (κ2) is 7.83. The maximum Gasteiger partial charge on any atom is 0.226 e. The van der Waals surface area contributed by atoms with Crippen LogP contribution < -0.4 is 0 Å². The lowest BCUT2D eigenvalue weighted by molar-refractivity contribution is -0.133. The first-order valence-electron chi connectivity index (χ1n) is 9.58. The van der Waals surface area contributed by atoms with Gasteiger partial charge in [0.15, 0.2) is 9.84 Å². The SMILES string of the molecule is CN(Cc1cn(-c2ccccc2)nc1-c1ccccc1)C(=O)[C@@H]1CCS(=O)(=O)C1. The lowest BCUT2D eigenvalue weighted by Crippen LogP contribution is -2.33. The molecule has 7 heteroatoms. The Hall–Kier alpha value is -2.93. The van der Waals surface area contributed by atoms with E-state index in [4.69, 9.17) is 5.10 Å². The van der Waals surface area contributed by atoms with Gasteiger partial charge in [0.2, 0.25) is 5.91 Å². The number of hydrogen-bond acceptors (Lipinski definition) is 4. The van der Waals surface area contributed by atoms with Crippen LogP contribution in [0, 0.1) is 5.92 Å². The van der Waals surface area contributed by atoms with Crippen molar-refractivity contribution in [2.24, 2.45) is 5.92 Å². The molecule has 0 N–H and O–H groups in total. The molecule has 2 heterocycles. The monoisotopic (exact) mass is 409 g/mol. The number of aromatic nitrogens is 2. The maximum atomic E-state index is 12.8. The zero-order valence-electron chi connectivity index (χ0n) is 16.2. The Labute approximate surface area is 170 Å². The molecule has 1 atom stereocenters. The Bertz CT molecular complexity index is 1110. The smallest absolute Gasteiger partial charge is 0.226 e. The lowest BCUT2D eigenvalue weighted by atomic mass is 10.1. The number of carbonyl (C=O) groups excluding carboxylic acids is 1. The molecular formula is C22H23N3O3S. The van der Waals surface area contributed by atoms with Crippen molar-refractivity contribution in [3.05, 3.63) is 72.4 Å². The normalized spacial score (nSPS) is 17.9. The van der Waals surface area contributed by atoms with Crippen molar-refractivity contribution in [3.63, 3.8) is 0 Å². The van der Waals surface area contributed by atoms with Gasteiger partial charge in [0, 0.05) is 30.9 Å². The van der Waals surface area contributed by atoms with Crippen molar-refractivity contribution in [3.8, 4) is 16.9 Å². The van der Waals surface area contributed by atoms with Crippen molar-refractivity contribution in [1.82, 2.24) is 14.7 Å². The molecule has 0 aliphatic carbocycles. The number of amides is 1.